The third kappa shape index (κ3) is 6.48. The minimum absolute atomic E-state index is 0.00113. The van der Waals surface area contributed by atoms with E-state index in [2.05, 4.69) is 25.0 Å². The highest BCUT2D eigenvalue weighted by Crippen LogP contribution is 2.24. The molecule has 0 aliphatic heterocycles. The number of amides is 1. The van der Waals surface area contributed by atoms with Gasteiger partial charge in [-0.25, -0.2) is 18.4 Å². The van der Waals surface area contributed by atoms with Gasteiger partial charge in [0.25, 0.3) is 21.8 Å². The fourth-order valence-corrected chi connectivity index (χ4v) is 3.95. The van der Waals surface area contributed by atoms with Crippen LogP contribution in [0.4, 0.5) is 5.82 Å². The molecule has 0 unspecified atom stereocenters. The molecule has 33 heavy (non-hydrogen) atoms. The van der Waals surface area contributed by atoms with E-state index in [9.17, 15) is 13.2 Å². The molecule has 0 saturated carbocycles. The van der Waals surface area contributed by atoms with Crippen molar-refractivity contribution < 1.29 is 17.9 Å². The van der Waals surface area contributed by atoms with Gasteiger partial charge in [-0.2, -0.15) is 0 Å². The largest absolute Gasteiger partial charge is 0.470 e. The zero-order valence-corrected chi connectivity index (χ0v) is 19.6. The van der Waals surface area contributed by atoms with E-state index in [1.165, 1.54) is 18.3 Å². The first-order chi connectivity index (χ1) is 15.8. The number of anilines is 1. The molecule has 0 saturated heterocycles. The first-order valence-electron chi connectivity index (χ1n) is 10.6. The van der Waals surface area contributed by atoms with Crippen molar-refractivity contribution in [3.63, 3.8) is 0 Å². The molecule has 0 aliphatic rings. The van der Waals surface area contributed by atoms with Gasteiger partial charge in [0, 0.05) is 24.0 Å². The monoisotopic (exact) mass is 469 g/mol. The molecule has 0 aliphatic carbocycles. The van der Waals surface area contributed by atoms with Crippen LogP contribution in [0.25, 0.3) is 0 Å². The number of carbonyl (C=O) groups is 1. The van der Waals surface area contributed by atoms with E-state index in [-0.39, 0.29) is 34.9 Å². The lowest BCUT2D eigenvalue weighted by Gasteiger charge is -2.16. The van der Waals surface area contributed by atoms with Crippen LogP contribution in [-0.2, 0) is 16.6 Å². The number of nitrogens with zero attached hydrogens (tertiary/aromatic N) is 3. The van der Waals surface area contributed by atoms with Crippen molar-refractivity contribution in [3.8, 4) is 5.88 Å². The number of hydrogen-bond donors (Lipinski definition) is 2. The van der Waals surface area contributed by atoms with Crippen molar-refractivity contribution >= 4 is 21.7 Å². The first kappa shape index (κ1) is 24.1. The van der Waals surface area contributed by atoms with E-state index in [1.807, 2.05) is 20.8 Å². The van der Waals surface area contributed by atoms with Crippen molar-refractivity contribution in [2.75, 3.05) is 4.72 Å². The third-order valence-corrected chi connectivity index (χ3v) is 6.31. The summed E-state index contributed by atoms with van der Waals surface area (Å²) in [5, 5.41) is 2.89. The van der Waals surface area contributed by atoms with Gasteiger partial charge in [-0.05, 0) is 38.0 Å². The van der Waals surface area contributed by atoms with E-state index in [4.69, 9.17) is 4.74 Å². The van der Waals surface area contributed by atoms with Crippen LogP contribution in [-0.4, -0.2) is 35.3 Å². The van der Waals surface area contributed by atoms with Crippen LogP contribution in [0.5, 0.6) is 5.88 Å². The number of ether oxygens (including phenoxy) is 1. The van der Waals surface area contributed by atoms with E-state index >= 15 is 0 Å². The van der Waals surface area contributed by atoms with Crippen molar-refractivity contribution in [1.29, 1.82) is 0 Å². The Balaban J connectivity index is 1.90. The number of aromatic nitrogens is 3. The number of benzene rings is 1. The average molecular weight is 470 g/mol. The Morgan fingerprint density at radius 3 is 2.45 bits per heavy atom. The van der Waals surface area contributed by atoms with Gasteiger partial charge in [-0.15, -0.1) is 0 Å². The summed E-state index contributed by atoms with van der Waals surface area (Å²) < 4.78 is 33.9. The molecule has 3 rings (SSSR count). The maximum absolute atomic E-state index is 12.9. The second-order valence-electron chi connectivity index (χ2n) is 7.46. The molecule has 2 N–H and O–H groups in total. The number of aryl methyl sites for hydroxylation is 1. The molecule has 0 spiro atoms. The Labute approximate surface area is 193 Å². The molecule has 0 radical (unpaired) electrons. The van der Waals surface area contributed by atoms with Gasteiger partial charge in [0.2, 0.25) is 5.82 Å². The van der Waals surface area contributed by atoms with Crippen LogP contribution >= 0.6 is 0 Å². The molecular formula is C23H27N5O4S. The summed E-state index contributed by atoms with van der Waals surface area (Å²) in [5.41, 5.74) is 1.71. The van der Waals surface area contributed by atoms with Gasteiger partial charge in [0.05, 0.1) is 11.1 Å². The number of sulfonamides is 1. The number of carbonyl (C=O) groups excluding carboxylic acids is 1. The maximum Gasteiger partial charge on any atom is 0.271 e. The molecule has 2 heterocycles. The third-order valence-electron chi connectivity index (χ3n) is 4.95. The van der Waals surface area contributed by atoms with Crippen LogP contribution in [0.1, 0.15) is 48.3 Å². The summed E-state index contributed by atoms with van der Waals surface area (Å²) in [7, 11) is -3.94. The Kier molecular flexibility index (Phi) is 7.94. The average Bonchev–Trinajstić information content (AvgIpc) is 2.82. The summed E-state index contributed by atoms with van der Waals surface area (Å²) in [6.45, 7) is 5.89. The number of rotatable bonds is 10. The van der Waals surface area contributed by atoms with Crippen molar-refractivity contribution in [1.82, 2.24) is 20.3 Å². The molecule has 1 amide bonds. The van der Waals surface area contributed by atoms with Gasteiger partial charge in [0.1, 0.15) is 6.61 Å². The molecular weight excluding hydrogens is 442 g/mol. The Bertz CT molecular complexity index is 1180. The molecule has 1 aromatic carbocycles. The van der Waals surface area contributed by atoms with E-state index in [0.29, 0.717) is 0 Å². The summed E-state index contributed by atoms with van der Waals surface area (Å²) in [4.78, 5) is 25.1. The van der Waals surface area contributed by atoms with Gasteiger partial charge >= 0.3 is 0 Å². The van der Waals surface area contributed by atoms with Gasteiger partial charge in [-0.1, -0.05) is 37.6 Å². The number of nitrogens with one attached hydrogen (secondary N) is 2. The smallest absolute Gasteiger partial charge is 0.271 e. The van der Waals surface area contributed by atoms with Crippen LogP contribution < -0.4 is 14.8 Å². The second-order valence-corrected chi connectivity index (χ2v) is 9.15. The van der Waals surface area contributed by atoms with E-state index in [1.54, 1.807) is 36.7 Å². The van der Waals surface area contributed by atoms with Crippen molar-refractivity contribution in [3.05, 3.63) is 71.8 Å². The summed E-state index contributed by atoms with van der Waals surface area (Å²) in [6, 6.07) is 9.96. The molecule has 9 nitrogen and oxygen atoms in total. The molecule has 174 valence electrons. The molecule has 0 atom stereocenters. The fraction of sp³-hybridized carbons (Fsp3) is 0.304. The zero-order valence-electron chi connectivity index (χ0n) is 18.8. The molecule has 3 aromatic rings. The number of pyridine rings is 1. The summed E-state index contributed by atoms with van der Waals surface area (Å²) in [5.74, 6) is -0.624. The summed E-state index contributed by atoms with van der Waals surface area (Å²) >= 11 is 0. The second kappa shape index (κ2) is 10.9. The Morgan fingerprint density at radius 1 is 1.09 bits per heavy atom. The van der Waals surface area contributed by atoms with E-state index < -0.39 is 15.9 Å². The SMILES string of the molecule is CCC(CC)NC(=O)c1cnc(NS(=O)(=O)c2ccc(C)cc2)c(OCc2cccnc2)n1. The van der Waals surface area contributed by atoms with Gasteiger partial charge in [0.15, 0.2) is 5.69 Å². The highest BCUT2D eigenvalue weighted by molar-refractivity contribution is 7.92. The molecule has 10 heteroatoms. The Hall–Kier alpha value is -3.53. The minimum Gasteiger partial charge on any atom is -0.470 e. The molecule has 2 aromatic heterocycles. The lowest BCUT2D eigenvalue weighted by Crippen LogP contribution is -2.34. The molecule has 0 bridgehead atoms. The fourth-order valence-electron chi connectivity index (χ4n) is 2.94. The topological polar surface area (TPSA) is 123 Å². The minimum atomic E-state index is -3.94. The van der Waals surface area contributed by atoms with E-state index in [0.717, 1.165) is 24.0 Å². The number of hydrogen-bond acceptors (Lipinski definition) is 7. The van der Waals surface area contributed by atoms with Crippen LogP contribution in [0.3, 0.4) is 0 Å². The highest BCUT2D eigenvalue weighted by Gasteiger charge is 2.21. The maximum atomic E-state index is 12.9. The first-order valence-corrected chi connectivity index (χ1v) is 12.1. The zero-order chi connectivity index (χ0) is 23.8. The molecule has 0 fully saturated rings. The van der Waals surface area contributed by atoms with Crippen LogP contribution in [0.15, 0.2) is 59.9 Å². The van der Waals surface area contributed by atoms with Crippen LogP contribution in [0.2, 0.25) is 0 Å². The summed E-state index contributed by atoms with van der Waals surface area (Å²) in [6.07, 6.45) is 6.02. The highest BCUT2D eigenvalue weighted by atomic mass is 32.2. The lowest BCUT2D eigenvalue weighted by atomic mass is 10.1. The predicted octanol–water partition coefficient (Wildman–Crippen LogP) is 3.48. The van der Waals surface area contributed by atoms with Crippen molar-refractivity contribution in [2.45, 2.75) is 51.2 Å². The van der Waals surface area contributed by atoms with Crippen LogP contribution in [0, 0.1) is 6.92 Å². The predicted molar refractivity (Wildman–Crippen MR) is 124 cm³/mol. The Morgan fingerprint density at radius 2 is 1.82 bits per heavy atom. The quantitative estimate of drug-likeness (QED) is 0.466. The standard InChI is InChI=1S/C23H27N5O4S/c1-4-18(5-2)26-22(29)20-14-25-21(23(27-20)32-15-17-7-6-12-24-13-17)28-33(30,31)19-10-8-16(3)9-11-19/h6-14,18H,4-5,15H2,1-3H3,(H,25,28)(H,26,29). The lowest BCUT2D eigenvalue weighted by molar-refractivity contribution is 0.0928. The van der Waals surface area contributed by atoms with Crippen molar-refractivity contribution in [2.24, 2.45) is 0 Å². The normalized spacial score (nSPS) is 11.3. The van der Waals surface area contributed by atoms with Gasteiger partial charge < -0.3 is 10.1 Å². The van der Waals surface area contributed by atoms with Gasteiger partial charge in [-0.3, -0.25) is 14.5 Å².